The molecular formula is C23H25N3O. The molecule has 0 spiro atoms. The lowest BCUT2D eigenvalue weighted by Gasteiger charge is -2.32. The minimum atomic E-state index is 0.151. The highest BCUT2D eigenvalue weighted by molar-refractivity contribution is 5.94. The second-order valence-corrected chi connectivity index (χ2v) is 7.31. The number of hydrogen-bond acceptors (Lipinski definition) is 3. The minimum Gasteiger partial charge on any atom is -0.384 e. The molecule has 27 heavy (non-hydrogen) atoms. The second-order valence-electron chi connectivity index (χ2n) is 7.31. The van der Waals surface area contributed by atoms with Crippen LogP contribution in [0.4, 0.5) is 5.69 Å². The molecule has 2 heterocycles. The first-order valence-electron chi connectivity index (χ1n) is 9.65. The largest absolute Gasteiger partial charge is 0.384 e. The Morgan fingerprint density at radius 1 is 1.07 bits per heavy atom. The number of nitrogens with one attached hydrogen (secondary N) is 1. The van der Waals surface area contributed by atoms with Crippen LogP contribution in [0.3, 0.4) is 0 Å². The third-order valence-electron chi connectivity index (χ3n) is 5.35. The summed E-state index contributed by atoms with van der Waals surface area (Å²) in [6.45, 7) is 4.62. The van der Waals surface area contributed by atoms with Crippen LogP contribution in [0.1, 0.15) is 28.9 Å². The fourth-order valence-corrected chi connectivity index (χ4v) is 3.81. The van der Waals surface area contributed by atoms with Crippen LogP contribution >= 0.6 is 0 Å². The molecule has 4 heteroatoms. The summed E-state index contributed by atoms with van der Waals surface area (Å²) in [6.07, 6.45) is 2.07. The Morgan fingerprint density at radius 3 is 2.56 bits per heavy atom. The molecule has 0 unspecified atom stereocenters. The number of rotatable bonds is 4. The number of fused-ring (bicyclic) bond motifs is 1. The van der Waals surface area contributed by atoms with Crippen LogP contribution in [0, 0.1) is 12.8 Å². The minimum absolute atomic E-state index is 0.151. The summed E-state index contributed by atoms with van der Waals surface area (Å²) < 4.78 is 0. The van der Waals surface area contributed by atoms with E-state index in [0.717, 1.165) is 54.9 Å². The van der Waals surface area contributed by atoms with Crippen LogP contribution in [0.5, 0.6) is 0 Å². The van der Waals surface area contributed by atoms with Gasteiger partial charge in [0.25, 0.3) is 5.91 Å². The fourth-order valence-electron chi connectivity index (χ4n) is 3.81. The monoisotopic (exact) mass is 359 g/mol. The zero-order chi connectivity index (χ0) is 18.6. The topological polar surface area (TPSA) is 45.2 Å². The van der Waals surface area contributed by atoms with Crippen LogP contribution in [0.15, 0.2) is 60.7 Å². The van der Waals surface area contributed by atoms with Crippen LogP contribution in [-0.4, -0.2) is 35.4 Å². The van der Waals surface area contributed by atoms with Crippen LogP contribution in [0.2, 0.25) is 0 Å². The number of likely N-dealkylation sites (tertiary alicyclic amines) is 1. The van der Waals surface area contributed by atoms with Crippen molar-refractivity contribution in [1.29, 1.82) is 0 Å². The first-order valence-corrected chi connectivity index (χ1v) is 9.65. The lowest BCUT2D eigenvalue weighted by atomic mass is 9.96. The van der Waals surface area contributed by atoms with Gasteiger partial charge in [0.1, 0.15) is 0 Å². The van der Waals surface area contributed by atoms with Crippen LogP contribution in [-0.2, 0) is 0 Å². The first kappa shape index (κ1) is 17.5. The highest BCUT2D eigenvalue weighted by Gasteiger charge is 2.23. The van der Waals surface area contributed by atoms with Gasteiger partial charge in [0, 0.05) is 42.0 Å². The van der Waals surface area contributed by atoms with Gasteiger partial charge < -0.3 is 10.2 Å². The molecule has 2 aromatic carbocycles. The zero-order valence-corrected chi connectivity index (χ0v) is 15.7. The number of aromatic nitrogens is 1. The molecular weight excluding hydrogens is 334 g/mol. The average Bonchev–Trinajstić information content (AvgIpc) is 2.72. The Kier molecular flexibility index (Phi) is 5.05. The normalized spacial score (nSPS) is 15.1. The number of aryl methyl sites for hydroxylation is 1. The van der Waals surface area contributed by atoms with Gasteiger partial charge in [-0.25, -0.2) is 0 Å². The van der Waals surface area contributed by atoms with Crippen LogP contribution in [0.25, 0.3) is 10.9 Å². The van der Waals surface area contributed by atoms with Gasteiger partial charge in [0.05, 0.1) is 5.52 Å². The van der Waals surface area contributed by atoms with Crippen molar-refractivity contribution < 1.29 is 4.79 Å². The van der Waals surface area contributed by atoms with E-state index in [1.165, 1.54) is 5.39 Å². The molecule has 1 aromatic heterocycles. The average molecular weight is 359 g/mol. The SMILES string of the molecule is Cc1cc(NCC2CCN(C(=O)c3ccccc3)CC2)c2ccccc2n1. The number of pyridine rings is 1. The molecule has 0 radical (unpaired) electrons. The van der Waals surface area contributed by atoms with Crippen LogP contribution < -0.4 is 5.32 Å². The van der Waals surface area contributed by atoms with Gasteiger partial charge in [-0.15, -0.1) is 0 Å². The smallest absolute Gasteiger partial charge is 0.253 e. The number of anilines is 1. The van der Waals surface area contributed by atoms with Crippen molar-refractivity contribution in [3.63, 3.8) is 0 Å². The van der Waals surface area contributed by atoms with E-state index in [9.17, 15) is 4.79 Å². The number of hydrogen-bond donors (Lipinski definition) is 1. The molecule has 0 atom stereocenters. The third-order valence-corrected chi connectivity index (χ3v) is 5.35. The number of nitrogens with zero attached hydrogens (tertiary/aromatic N) is 2. The molecule has 3 aromatic rings. The molecule has 0 saturated carbocycles. The van der Waals surface area contributed by atoms with Gasteiger partial charge >= 0.3 is 0 Å². The van der Waals surface area contributed by atoms with Crippen molar-refractivity contribution in [3.05, 3.63) is 71.9 Å². The van der Waals surface area contributed by atoms with E-state index >= 15 is 0 Å². The summed E-state index contributed by atoms with van der Waals surface area (Å²) in [5.74, 6) is 0.731. The molecule has 138 valence electrons. The van der Waals surface area contributed by atoms with E-state index in [1.807, 2.05) is 48.2 Å². The van der Waals surface area contributed by atoms with E-state index < -0.39 is 0 Å². The fraction of sp³-hybridized carbons (Fsp3) is 0.304. The van der Waals surface area contributed by atoms with Gasteiger partial charge in [0.2, 0.25) is 0 Å². The van der Waals surface area contributed by atoms with E-state index in [1.54, 1.807) is 0 Å². The van der Waals surface area contributed by atoms with Gasteiger partial charge in [-0.05, 0) is 49.9 Å². The maximum absolute atomic E-state index is 12.6. The van der Waals surface area contributed by atoms with E-state index in [-0.39, 0.29) is 5.91 Å². The molecule has 4 rings (SSSR count). The number of para-hydroxylation sites is 1. The van der Waals surface area contributed by atoms with Crippen molar-refractivity contribution >= 4 is 22.5 Å². The molecule has 1 aliphatic heterocycles. The number of carbonyl (C=O) groups excluding carboxylic acids is 1. The third kappa shape index (κ3) is 3.95. The van der Waals surface area contributed by atoms with Crippen molar-refractivity contribution in [1.82, 2.24) is 9.88 Å². The van der Waals surface area contributed by atoms with E-state index in [2.05, 4.69) is 34.6 Å². The number of amides is 1. The highest BCUT2D eigenvalue weighted by Crippen LogP contribution is 2.25. The van der Waals surface area contributed by atoms with Gasteiger partial charge in [-0.3, -0.25) is 9.78 Å². The number of piperidine rings is 1. The Hall–Kier alpha value is -2.88. The van der Waals surface area contributed by atoms with Crippen molar-refractivity contribution in [2.24, 2.45) is 5.92 Å². The summed E-state index contributed by atoms with van der Waals surface area (Å²) >= 11 is 0. The van der Waals surface area contributed by atoms with E-state index in [0.29, 0.717) is 5.92 Å². The summed E-state index contributed by atoms with van der Waals surface area (Å²) in [5.41, 5.74) is 4.00. The summed E-state index contributed by atoms with van der Waals surface area (Å²) in [6, 6.07) is 20.0. The predicted molar refractivity (Wildman–Crippen MR) is 110 cm³/mol. The zero-order valence-electron chi connectivity index (χ0n) is 15.7. The Balaban J connectivity index is 1.36. The molecule has 0 bridgehead atoms. The molecule has 1 aliphatic rings. The summed E-state index contributed by atoms with van der Waals surface area (Å²) in [4.78, 5) is 19.2. The highest BCUT2D eigenvalue weighted by atomic mass is 16.2. The Labute approximate surface area is 160 Å². The van der Waals surface area contributed by atoms with Gasteiger partial charge in [-0.2, -0.15) is 0 Å². The van der Waals surface area contributed by atoms with Gasteiger partial charge in [-0.1, -0.05) is 36.4 Å². The lowest BCUT2D eigenvalue weighted by Crippen LogP contribution is -2.39. The standard InChI is InChI=1S/C23H25N3O/c1-17-15-22(20-9-5-6-10-21(20)25-17)24-16-18-11-13-26(14-12-18)23(27)19-7-3-2-4-8-19/h2-10,15,18H,11-14,16H2,1H3,(H,24,25). The Bertz CT molecular complexity index is 931. The molecule has 1 amide bonds. The molecule has 1 fully saturated rings. The molecule has 4 nitrogen and oxygen atoms in total. The second kappa shape index (κ2) is 7.78. The summed E-state index contributed by atoms with van der Waals surface area (Å²) in [5, 5.41) is 4.80. The van der Waals surface area contributed by atoms with E-state index in [4.69, 9.17) is 0 Å². The Morgan fingerprint density at radius 2 is 1.78 bits per heavy atom. The molecule has 0 aliphatic carbocycles. The molecule has 1 N–H and O–H groups in total. The van der Waals surface area contributed by atoms with Crippen molar-refractivity contribution in [2.45, 2.75) is 19.8 Å². The maximum atomic E-state index is 12.6. The number of carbonyl (C=O) groups is 1. The van der Waals surface area contributed by atoms with Gasteiger partial charge in [0.15, 0.2) is 0 Å². The maximum Gasteiger partial charge on any atom is 0.253 e. The summed E-state index contributed by atoms with van der Waals surface area (Å²) in [7, 11) is 0. The number of benzene rings is 2. The first-order chi connectivity index (χ1) is 13.2. The quantitative estimate of drug-likeness (QED) is 0.745. The lowest BCUT2D eigenvalue weighted by molar-refractivity contribution is 0.0695. The van der Waals surface area contributed by atoms with Crippen molar-refractivity contribution in [3.8, 4) is 0 Å². The predicted octanol–water partition coefficient (Wildman–Crippen LogP) is 4.51. The van der Waals surface area contributed by atoms with Crippen molar-refractivity contribution in [2.75, 3.05) is 25.0 Å². The molecule has 1 saturated heterocycles.